The van der Waals surface area contributed by atoms with Gasteiger partial charge < -0.3 is 24.8 Å². The van der Waals surface area contributed by atoms with Gasteiger partial charge in [-0.15, -0.1) is 13.2 Å². The molecule has 5 N–H and O–H groups in total. The number of halogens is 3. The lowest BCUT2D eigenvalue weighted by Gasteiger charge is -2.15. The number of urea groups is 1. The maximum absolute atomic E-state index is 12.5. The molecule has 0 aliphatic heterocycles. The average molecular weight is 476 g/mol. The Morgan fingerprint density at radius 3 is 2.26 bits per heavy atom. The molecule has 11 heteroatoms. The maximum atomic E-state index is 12.5. The van der Waals surface area contributed by atoms with E-state index in [9.17, 15) is 22.8 Å². The molecule has 0 radical (unpaired) electrons. The molecule has 3 aromatic rings. The Kier molecular flexibility index (Phi) is 7.59. The Morgan fingerprint density at radius 2 is 1.62 bits per heavy atom. The second-order valence-electron chi connectivity index (χ2n) is 6.87. The van der Waals surface area contributed by atoms with E-state index in [4.69, 9.17) is 9.47 Å². The van der Waals surface area contributed by atoms with Crippen molar-refractivity contribution in [1.82, 2.24) is 5.32 Å². The summed E-state index contributed by atoms with van der Waals surface area (Å²) < 4.78 is 52.3. The van der Waals surface area contributed by atoms with Crippen LogP contribution in [-0.2, 0) is 6.54 Å². The van der Waals surface area contributed by atoms with E-state index in [0.717, 1.165) is 12.1 Å². The number of hydrogen-bond donors (Lipinski definition) is 3. The zero-order valence-electron chi connectivity index (χ0n) is 17.9. The van der Waals surface area contributed by atoms with Crippen molar-refractivity contribution >= 4 is 17.6 Å². The van der Waals surface area contributed by atoms with E-state index in [1.54, 1.807) is 48.5 Å². The molecule has 0 unspecified atom stereocenters. The van der Waals surface area contributed by atoms with Gasteiger partial charge in [-0.3, -0.25) is 5.73 Å². The van der Waals surface area contributed by atoms with Crippen LogP contribution in [0.25, 0.3) is 0 Å². The van der Waals surface area contributed by atoms with Crippen molar-refractivity contribution in [3.63, 3.8) is 0 Å². The summed E-state index contributed by atoms with van der Waals surface area (Å²) in [4.78, 5) is 23.7. The first kappa shape index (κ1) is 24.4. The fourth-order valence-corrected chi connectivity index (χ4v) is 2.91. The number of benzene rings is 3. The van der Waals surface area contributed by atoms with Crippen LogP contribution in [0.5, 0.6) is 23.0 Å². The van der Waals surface area contributed by atoms with Crippen LogP contribution in [-0.4, -0.2) is 25.4 Å². The molecule has 8 nitrogen and oxygen atoms in total. The van der Waals surface area contributed by atoms with Crippen molar-refractivity contribution in [3.8, 4) is 23.0 Å². The van der Waals surface area contributed by atoms with Crippen LogP contribution in [0.4, 0.5) is 23.7 Å². The molecule has 0 bridgehead atoms. The number of alkyl halides is 3. The molecule has 0 spiro atoms. The minimum absolute atomic E-state index is 0.00802. The number of carbonyl (C=O) groups is 2. The van der Waals surface area contributed by atoms with Gasteiger partial charge >= 0.3 is 18.3 Å². The van der Waals surface area contributed by atoms with Crippen molar-refractivity contribution in [3.05, 3.63) is 77.9 Å². The molecule has 178 valence electrons. The van der Waals surface area contributed by atoms with E-state index in [1.807, 2.05) is 0 Å². The van der Waals surface area contributed by atoms with Crippen LogP contribution in [0.15, 0.2) is 66.7 Å². The highest BCUT2D eigenvalue weighted by molar-refractivity contribution is 5.91. The SMILES string of the molecule is COc1ccc(OC(F)(F)F)cc1NC(=O)NCc1ccccc1Oc1ccc(C([NH3+])=O)cc1. The summed E-state index contributed by atoms with van der Waals surface area (Å²) in [6, 6.07) is 16.0. The van der Waals surface area contributed by atoms with Gasteiger partial charge in [-0.1, -0.05) is 18.2 Å². The molecule has 0 aliphatic carbocycles. The van der Waals surface area contributed by atoms with Gasteiger partial charge in [0.05, 0.1) is 18.4 Å². The van der Waals surface area contributed by atoms with Crippen molar-refractivity contribution < 1.29 is 42.7 Å². The van der Waals surface area contributed by atoms with Gasteiger partial charge in [0.15, 0.2) is 0 Å². The summed E-state index contributed by atoms with van der Waals surface area (Å²) in [5.41, 5.74) is 4.42. The lowest BCUT2D eigenvalue weighted by atomic mass is 10.2. The van der Waals surface area contributed by atoms with Crippen LogP contribution in [0, 0.1) is 0 Å². The average Bonchev–Trinajstić information content (AvgIpc) is 2.78. The third-order valence-electron chi connectivity index (χ3n) is 4.47. The van der Waals surface area contributed by atoms with Crippen molar-refractivity contribution in [2.45, 2.75) is 12.9 Å². The van der Waals surface area contributed by atoms with Gasteiger partial charge in [-0.2, -0.15) is 0 Å². The number of methoxy groups -OCH3 is 1. The van der Waals surface area contributed by atoms with Crippen molar-refractivity contribution in [2.75, 3.05) is 12.4 Å². The van der Waals surface area contributed by atoms with Crippen molar-refractivity contribution in [2.24, 2.45) is 0 Å². The van der Waals surface area contributed by atoms with Crippen LogP contribution in [0.3, 0.4) is 0 Å². The number of quaternary nitrogens is 1. The highest BCUT2D eigenvalue weighted by Gasteiger charge is 2.31. The molecule has 0 saturated carbocycles. The predicted octanol–water partition coefficient (Wildman–Crippen LogP) is 4.09. The Morgan fingerprint density at radius 1 is 0.941 bits per heavy atom. The molecule has 3 aromatic carbocycles. The van der Waals surface area contributed by atoms with E-state index >= 15 is 0 Å². The topological polar surface area (TPSA) is 114 Å². The third kappa shape index (κ3) is 6.87. The zero-order valence-corrected chi connectivity index (χ0v) is 17.9. The fraction of sp³-hybridized carbons (Fsp3) is 0.130. The van der Waals surface area contributed by atoms with Gasteiger partial charge in [0.2, 0.25) is 0 Å². The number of rotatable bonds is 8. The summed E-state index contributed by atoms with van der Waals surface area (Å²) in [6.45, 7) is 0.0541. The largest absolute Gasteiger partial charge is 0.573 e. The number of hydrogen-bond acceptors (Lipinski definition) is 5. The smallest absolute Gasteiger partial charge is 0.495 e. The highest BCUT2D eigenvalue weighted by atomic mass is 19.4. The van der Waals surface area contributed by atoms with Gasteiger partial charge in [0, 0.05) is 18.2 Å². The quantitative estimate of drug-likeness (QED) is 0.453. The van der Waals surface area contributed by atoms with E-state index in [2.05, 4.69) is 21.1 Å². The second-order valence-corrected chi connectivity index (χ2v) is 6.87. The molecule has 3 rings (SSSR count). The highest BCUT2D eigenvalue weighted by Crippen LogP contribution is 2.32. The summed E-state index contributed by atoms with van der Waals surface area (Å²) >= 11 is 0. The fourth-order valence-electron chi connectivity index (χ4n) is 2.91. The lowest BCUT2D eigenvalue weighted by Crippen LogP contribution is -2.56. The zero-order chi connectivity index (χ0) is 24.7. The molecular weight excluding hydrogens is 455 g/mol. The maximum Gasteiger partial charge on any atom is 0.573 e. The summed E-state index contributed by atoms with van der Waals surface area (Å²) in [5, 5.41) is 5.06. The van der Waals surface area contributed by atoms with Gasteiger partial charge in [-0.25, -0.2) is 9.59 Å². The van der Waals surface area contributed by atoms with Crippen LogP contribution >= 0.6 is 0 Å². The standard InChI is InChI=1S/C23H20F3N3O5/c1-32-20-11-10-17(34-23(24,25)26)12-18(20)29-22(31)28-13-15-4-2-3-5-19(15)33-16-8-6-14(7-9-16)21(27)30/h2-12H,13H2,1H3,(H2,27,30)(H2,28,29,31)/p+1. The van der Waals surface area contributed by atoms with E-state index in [-0.39, 0.29) is 23.9 Å². The number of amides is 3. The second kappa shape index (κ2) is 10.6. The first-order valence-corrected chi connectivity index (χ1v) is 9.85. The Labute approximate surface area is 192 Å². The molecule has 3 amide bonds. The first-order chi connectivity index (χ1) is 16.1. The first-order valence-electron chi connectivity index (χ1n) is 9.85. The summed E-state index contributed by atoms with van der Waals surface area (Å²) in [5.74, 6) is 0.281. The summed E-state index contributed by atoms with van der Waals surface area (Å²) in [6.07, 6.45) is -4.87. The number of anilines is 1. The molecule has 0 saturated heterocycles. The Bertz CT molecular complexity index is 1170. The van der Waals surface area contributed by atoms with E-state index in [0.29, 0.717) is 22.6 Å². The van der Waals surface area contributed by atoms with Gasteiger partial charge in [-0.05, 0) is 42.5 Å². The number of ether oxygens (including phenoxy) is 3. The Balaban J connectivity index is 1.66. The lowest BCUT2D eigenvalue weighted by molar-refractivity contribution is -0.274. The number of carbonyl (C=O) groups excluding carboxylic acids is 2. The molecule has 0 aliphatic rings. The molecule has 0 aromatic heterocycles. The minimum atomic E-state index is -4.87. The molecular formula is C23H21F3N3O5+. The molecule has 34 heavy (non-hydrogen) atoms. The molecule has 0 heterocycles. The minimum Gasteiger partial charge on any atom is -0.495 e. The van der Waals surface area contributed by atoms with Crippen LogP contribution in [0.1, 0.15) is 15.9 Å². The number of nitrogens with one attached hydrogen (secondary N) is 2. The van der Waals surface area contributed by atoms with Crippen molar-refractivity contribution in [1.29, 1.82) is 0 Å². The molecule has 0 atom stereocenters. The van der Waals surface area contributed by atoms with Crippen LogP contribution in [0.2, 0.25) is 0 Å². The van der Waals surface area contributed by atoms with Gasteiger partial charge in [0.1, 0.15) is 23.0 Å². The Hall–Kier alpha value is -4.25. The predicted molar refractivity (Wildman–Crippen MR) is 116 cm³/mol. The normalized spacial score (nSPS) is 10.9. The number of para-hydroxylation sites is 1. The van der Waals surface area contributed by atoms with Gasteiger partial charge in [0.25, 0.3) is 0 Å². The monoisotopic (exact) mass is 476 g/mol. The van der Waals surface area contributed by atoms with Crippen LogP contribution < -0.4 is 30.6 Å². The van der Waals surface area contributed by atoms with E-state index < -0.39 is 18.1 Å². The van der Waals surface area contributed by atoms with E-state index in [1.165, 1.54) is 13.2 Å². The third-order valence-corrected chi connectivity index (χ3v) is 4.47. The molecule has 0 fully saturated rings. The summed E-state index contributed by atoms with van der Waals surface area (Å²) in [7, 11) is 1.32.